The minimum atomic E-state index is -0.352. The van der Waals surface area contributed by atoms with Crippen molar-refractivity contribution >= 4 is 17.4 Å². The van der Waals surface area contributed by atoms with Crippen LogP contribution >= 0.6 is 0 Å². The average Bonchev–Trinajstić information content (AvgIpc) is 2.63. The molecule has 0 N–H and O–H groups in total. The maximum absolute atomic E-state index is 13.7. The largest absolute Gasteiger partial charge is 0.368 e. The molecule has 5 heteroatoms. The molecule has 1 amide bonds. The quantitative estimate of drug-likeness (QED) is 0.805. The van der Waals surface area contributed by atoms with Gasteiger partial charge in [0.2, 0.25) is 0 Å². The lowest BCUT2D eigenvalue weighted by Gasteiger charge is -2.36. The van der Waals surface area contributed by atoms with E-state index in [1.807, 2.05) is 24.3 Å². The number of amides is 1. The van der Waals surface area contributed by atoms with Crippen LogP contribution in [0.4, 0.5) is 10.1 Å². The van der Waals surface area contributed by atoms with E-state index in [9.17, 15) is 14.0 Å². The summed E-state index contributed by atoms with van der Waals surface area (Å²) in [6.45, 7) is 5.82. The second kappa shape index (κ2) is 7.05. The van der Waals surface area contributed by atoms with Crippen molar-refractivity contribution in [3.63, 3.8) is 0 Å². The molecule has 130 valence electrons. The Bertz CT molecular complexity index is 794. The number of benzene rings is 2. The Kier molecular flexibility index (Phi) is 4.83. The van der Waals surface area contributed by atoms with E-state index in [0.717, 1.165) is 5.69 Å². The van der Waals surface area contributed by atoms with Crippen LogP contribution in [0.25, 0.3) is 0 Å². The van der Waals surface area contributed by atoms with Crippen molar-refractivity contribution < 1.29 is 14.0 Å². The Morgan fingerprint density at radius 2 is 1.52 bits per heavy atom. The third-order valence-electron chi connectivity index (χ3n) is 4.62. The molecule has 0 bridgehead atoms. The first-order valence-electron chi connectivity index (χ1n) is 8.37. The van der Waals surface area contributed by atoms with Gasteiger partial charge in [-0.2, -0.15) is 0 Å². The lowest BCUT2D eigenvalue weighted by Crippen LogP contribution is -2.48. The minimum Gasteiger partial charge on any atom is -0.368 e. The van der Waals surface area contributed by atoms with Gasteiger partial charge in [0.25, 0.3) is 5.91 Å². The van der Waals surface area contributed by atoms with Gasteiger partial charge < -0.3 is 9.80 Å². The normalized spacial score (nSPS) is 14.5. The Labute approximate surface area is 146 Å². The van der Waals surface area contributed by atoms with Crippen molar-refractivity contribution in [2.24, 2.45) is 0 Å². The van der Waals surface area contributed by atoms with E-state index in [1.165, 1.54) is 6.07 Å². The molecule has 2 aromatic carbocycles. The fourth-order valence-electron chi connectivity index (χ4n) is 2.98. The summed E-state index contributed by atoms with van der Waals surface area (Å²) in [6, 6.07) is 12.1. The van der Waals surface area contributed by atoms with Gasteiger partial charge in [0, 0.05) is 43.0 Å². The minimum absolute atomic E-state index is 0.0484. The zero-order valence-electron chi connectivity index (χ0n) is 14.5. The second-order valence-electron chi connectivity index (χ2n) is 6.35. The molecule has 1 fully saturated rings. The van der Waals surface area contributed by atoms with Crippen LogP contribution in [0.5, 0.6) is 0 Å². The molecule has 0 saturated carbocycles. The van der Waals surface area contributed by atoms with E-state index in [1.54, 1.807) is 30.9 Å². The van der Waals surface area contributed by atoms with E-state index in [-0.39, 0.29) is 17.5 Å². The summed E-state index contributed by atoms with van der Waals surface area (Å²) < 4.78 is 13.7. The zero-order chi connectivity index (χ0) is 18.0. The molecular weight excluding hydrogens is 319 g/mol. The van der Waals surface area contributed by atoms with Gasteiger partial charge in [0.15, 0.2) is 5.78 Å². The highest BCUT2D eigenvalue weighted by molar-refractivity contribution is 5.95. The number of carbonyl (C=O) groups excluding carboxylic acids is 2. The number of piperazine rings is 1. The number of hydrogen-bond acceptors (Lipinski definition) is 3. The van der Waals surface area contributed by atoms with E-state index in [2.05, 4.69) is 4.90 Å². The van der Waals surface area contributed by atoms with Gasteiger partial charge >= 0.3 is 0 Å². The molecule has 3 rings (SSSR count). The summed E-state index contributed by atoms with van der Waals surface area (Å²) in [5.74, 6) is -0.437. The number of ketones is 1. The van der Waals surface area contributed by atoms with Gasteiger partial charge in [-0.05, 0) is 55.8 Å². The third-order valence-corrected chi connectivity index (χ3v) is 4.62. The standard InChI is InChI=1S/C20H21FN2O2/c1-14-3-4-17(13-19(14)21)20(25)23-11-9-22(10-12-23)18-7-5-16(6-8-18)15(2)24/h3-8,13H,9-12H2,1-2H3. The van der Waals surface area contributed by atoms with Crippen molar-refractivity contribution in [3.05, 3.63) is 65.0 Å². The molecule has 4 nitrogen and oxygen atoms in total. The highest BCUT2D eigenvalue weighted by atomic mass is 19.1. The molecule has 0 aromatic heterocycles. The maximum Gasteiger partial charge on any atom is 0.254 e. The lowest BCUT2D eigenvalue weighted by atomic mass is 10.1. The molecule has 1 aliphatic rings. The smallest absolute Gasteiger partial charge is 0.254 e. The van der Waals surface area contributed by atoms with E-state index < -0.39 is 0 Å². The van der Waals surface area contributed by atoms with Crippen LogP contribution in [0.2, 0.25) is 0 Å². The van der Waals surface area contributed by atoms with E-state index >= 15 is 0 Å². The number of aryl methyl sites for hydroxylation is 1. The highest BCUT2D eigenvalue weighted by Crippen LogP contribution is 2.19. The van der Waals surface area contributed by atoms with Crippen LogP contribution in [0.3, 0.4) is 0 Å². The molecule has 0 unspecified atom stereocenters. The number of carbonyl (C=O) groups is 2. The van der Waals surface area contributed by atoms with Crippen molar-refractivity contribution in [2.45, 2.75) is 13.8 Å². The van der Waals surface area contributed by atoms with Gasteiger partial charge in [-0.1, -0.05) is 6.07 Å². The van der Waals surface area contributed by atoms with E-state index in [4.69, 9.17) is 0 Å². The zero-order valence-corrected chi connectivity index (χ0v) is 14.5. The first kappa shape index (κ1) is 17.1. The number of hydrogen-bond donors (Lipinski definition) is 0. The third kappa shape index (κ3) is 3.71. The molecule has 1 saturated heterocycles. The average molecular weight is 340 g/mol. The number of nitrogens with zero attached hydrogens (tertiary/aromatic N) is 2. The Hall–Kier alpha value is -2.69. The fourth-order valence-corrected chi connectivity index (χ4v) is 2.98. The summed E-state index contributed by atoms with van der Waals surface area (Å²) in [4.78, 5) is 27.8. The predicted octanol–water partition coefficient (Wildman–Crippen LogP) is 3.30. The molecule has 2 aromatic rings. The van der Waals surface area contributed by atoms with Crippen molar-refractivity contribution in [1.82, 2.24) is 4.90 Å². The second-order valence-corrected chi connectivity index (χ2v) is 6.35. The van der Waals surface area contributed by atoms with Gasteiger partial charge in [0.1, 0.15) is 5.82 Å². The maximum atomic E-state index is 13.7. The van der Waals surface area contributed by atoms with Crippen LogP contribution in [0.1, 0.15) is 33.2 Å². The number of Topliss-reactive ketones (excluding diaryl/α,β-unsaturated/α-hetero) is 1. The molecular formula is C20H21FN2O2. The SMILES string of the molecule is CC(=O)c1ccc(N2CCN(C(=O)c3ccc(C)c(F)c3)CC2)cc1. The lowest BCUT2D eigenvalue weighted by molar-refractivity contribution is 0.0746. The van der Waals surface area contributed by atoms with Gasteiger partial charge in [-0.3, -0.25) is 9.59 Å². The Morgan fingerprint density at radius 1 is 0.920 bits per heavy atom. The molecule has 1 aliphatic heterocycles. The number of halogens is 1. The summed E-state index contributed by atoms with van der Waals surface area (Å²) in [7, 11) is 0. The van der Waals surface area contributed by atoms with Crippen molar-refractivity contribution in [1.29, 1.82) is 0 Å². The highest BCUT2D eigenvalue weighted by Gasteiger charge is 2.22. The first-order valence-corrected chi connectivity index (χ1v) is 8.37. The van der Waals surface area contributed by atoms with Crippen molar-refractivity contribution in [3.8, 4) is 0 Å². The molecule has 0 spiro atoms. The Balaban J connectivity index is 1.64. The van der Waals surface area contributed by atoms with Gasteiger partial charge in [-0.25, -0.2) is 4.39 Å². The first-order chi connectivity index (χ1) is 12.0. The van der Waals surface area contributed by atoms with Crippen LogP contribution in [0, 0.1) is 12.7 Å². The molecule has 0 atom stereocenters. The molecule has 25 heavy (non-hydrogen) atoms. The number of anilines is 1. The van der Waals surface area contributed by atoms with Crippen LogP contribution in [-0.2, 0) is 0 Å². The number of rotatable bonds is 3. The fraction of sp³-hybridized carbons (Fsp3) is 0.300. The summed E-state index contributed by atoms with van der Waals surface area (Å²) in [5, 5.41) is 0. The van der Waals surface area contributed by atoms with Gasteiger partial charge in [0.05, 0.1) is 0 Å². The predicted molar refractivity (Wildman–Crippen MR) is 95.7 cm³/mol. The Morgan fingerprint density at radius 3 is 2.08 bits per heavy atom. The molecule has 0 aliphatic carbocycles. The summed E-state index contributed by atoms with van der Waals surface area (Å²) >= 11 is 0. The monoisotopic (exact) mass is 340 g/mol. The van der Waals surface area contributed by atoms with Crippen LogP contribution in [-0.4, -0.2) is 42.8 Å². The summed E-state index contributed by atoms with van der Waals surface area (Å²) in [6.07, 6.45) is 0. The van der Waals surface area contributed by atoms with Crippen molar-refractivity contribution in [2.75, 3.05) is 31.1 Å². The summed E-state index contributed by atoms with van der Waals surface area (Å²) in [5.41, 5.74) is 2.66. The van der Waals surface area contributed by atoms with Crippen LogP contribution < -0.4 is 4.90 Å². The topological polar surface area (TPSA) is 40.6 Å². The molecule has 1 heterocycles. The van der Waals surface area contributed by atoms with Gasteiger partial charge in [-0.15, -0.1) is 0 Å². The molecule has 0 radical (unpaired) electrons. The van der Waals surface area contributed by atoms with Crippen LogP contribution in [0.15, 0.2) is 42.5 Å². The van der Waals surface area contributed by atoms with E-state index in [0.29, 0.717) is 42.9 Å².